The van der Waals surface area contributed by atoms with E-state index in [1.165, 1.54) is 12.1 Å². The second-order valence-electron chi connectivity index (χ2n) is 4.74. The van der Waals surface area contributed by atoms with Gasteiger partial charge in [-0.05, 0) is 37.5 Å². The third-order valence-corrected chi connectivity index (χ3v) is 3.25. The number of carbonyl (C=O) groups is 1. The second-order valence-corrected chi connectivity index (χ2v) is 4.74. The van der Waals surface area contributed by atoms with Crippen LogP contribution in [0.25, 0.3) is 0 Å². The molecule has 0 aliphatic carbocycles. The van der Waals surface area contributed by atoms with Crippen molar-refractivity contribution < 1.29 is 19.0 Å². The molecule has 1 amide bonds. The second kappa shape index (κ2) is 6.02. The maximum Gasteiger partial charge on any atom is 0.260 e. The van der Waals surface area contributed by atoms with Crippen LogP contribution in [-0.2, 0) is 4.79 Å². The van der Waals surface area contributed by atoms with Gasteiger partial charge in [-0.2, -0.15) is 0 Å². The summed E-state index contributed by atoms with van der Waals surface area (Å²) >= 11 is 0. The maximum absolute atomic E-state index is 13.7. The summed E-state index contributed by atoms with van der Waals surface area (Å²) in [5, 5.41) is 9.33. The fraction of sp³-hybridized carbons (Fsp3) is 0.500. The van der Waals surface area contributed by atoms with Crippen LogP contribution in [0.15, 0.2) is 18.2 Å². The number of hydrogen-bond acceptors (Lipinski definition) is 3. The van der Waals surface area contributed by atoms with E-state index in [0.29, 0.717) is 5.56 Å². The summed E-state index contributed by atoms with van der Waals surface area (Å²) in [5.74, 6) is -0.638. The molecule has 1 saturated heterocycles. The summed E-state index contributed by atoms with van der Waals surface area (Å²) in [6.45, 7) is 2.93. The predicted octanol–water partition coefficient (Wildman–Crippen LogP) is 1.88. The molecule has 1 aliphatic rings. The average Bonchev–Trinajstić information content (AvgIpc) is 2.90. The Kier molecular flexibility index (Phi) is 4.37. The number of likely N-dealkylation sites (tertiary alicyclic amines) is 1. The van der Waals surface area contributed by atoms with Crippen LogP contribution in [0, 0.1) is 5.82 Å². The minimum atomic E-state index is -0.727. The first kappa shape index (κ1) is 13.8. The highest BCUT2D eigenvalue weighted by atomic mass is 19.1. The van der Waals surface area contributed by atoms with Crippen LogP contribution < -0.4 is 4.74 Å². The molecule has 1 atom stereocenters. The Hall–Kier alpha value is -1.62. The molecule has 1 aromatic carbocycles. The van der Waals surface area contributed by atoms with Crippen molar-refractivity contribution in [3.63, 3.8) is 0 Å². The Morgan fingerprint density at radius 2 is 2.16 bits per heavy atom. The van der Waals surface area contributed by atoms with Crippen molar-refractivity contribution in [2.75, 3.05) is 19.7 Å². The summed E-state index contributed by atoms with van der Waals surface area (Å²) in [4.78, 5) is 13.5. The molecule has 0 bridgehead atoms. The van der Waals surface area contributed by atoms with E-state index in [4.69, 9.17) is 4.74 Å². The van der Waals surface area contributed by atoms with E-state index in [1.807, 2.05) is 0 Å². The smallest absolute Gasteiger partial charge is 0.260 e. The molecular weight excluding hydrogens is 249 g/mol. The zero-order chi connectivity index (χ0) is 13.8. The van der Waals surface area contributed by atoms with Gasteiger partial charge < -0.3 is 14.7 Å². The number of carbonyl (C=O) groups excluding carboxylic acids is 1. The normalized spacial score (nSPS) is 16.5. The number of rotatable bonds is 4. The van der Waals surface area contributed by atoms with Gasteiger partial charge in [0.2, 0.25) is 0 Å². The molecule has 104 valence electrons. The summed E-state index contributed by atoms with van der Waals surface area (Å²) in [6.07, 6.45) is 1.31. The van der Waals surface area contributed by atoms with Gasteiger partial charge in [0.15, 0.2) is 18.2 Å². The molecule has 0 radical (unpaired) electrons. The van der Waals surface area contributed by atoms with E-state index in [2.05, 4.69) is 0 Å². The molecule has 1 heterocycles. The van der Waals surface area contributed by atoms with Crippen LogP contribution >= 0.6 is 0 Å². The average molecular weight is 267 g/mol. The van der Waals surface area contributed by atoms with Gasteiger partial charge in [-0.1, -0.05) is 6.07 Å². The topological polar surface area (TPSA) is 49.8 Å². The Balaban J connectivity index is 1.94. The number of aliphatic hydroxyl groups is 1. The number of aliphatic hydroxyl groups excluding tert-OH is 1. The minimum Gasteiger partial charge on any atom is -0.481 e. The minimum absolute atomic E-state index is 0.0388. The molecule has 1 N–H and O–H groups in total. The zero-order valence-corrected chi connectivity index (χ0v) is 10.9. The van der Waals surface area contributed by atoms with Crippen LogP contribution in [-0.4, -0.2) is 35.6 Å². The first-order valence-electron chi connectivity index (χ1n) is 6.46. The van der Waals surface area contributed by atoms with Crippen LogP contribution in [0.3, 0.4) is 0 Å². The zero-order valence-electron chi connectivity index (χ0n) is 10.9. The molecule has 1 aromatic rings. The maximum atomic E-state index is 13.7. The monoisotopic (exact) mass is 267 g/mol. The lowest BCUT2D eigenvalue weighted by Gasteiger charge is -2.16. The predicted molar refractivity (Wildman–Crippen MR) is 68.3 cm³/mol. The molecule has 2 rings (SSSR count). The summed E-state index contributed by atoms with van der Waals surface area (Å²) in [5.41, 5.74) is 0.482. The SMILES string of the molecule is C[C@@H](O)c1ccc(OCC(=O)N2CCCC2)c(F)c1. The van der Waals surface area contributed by atoms with Crippen molar-refractivity contribution in [2.24, 2.45) is 0 Å². The van der Waals surface area contributed by atoms with E-state index < -0.39 is 11.9 Å². The highest BCUT2D eigenvalue weighted by Crippen LogP contribution is 2.22. The summed E-state index contributed by atoms with van der Waals surface area (Å²) in [7, 11) is 0. The molecule has 19 heavy (non-hydrogen) atoms. The van der Waals surface area contributed by atoms with Gasteiger partial charge in [0.25, 0.3) is 5.91 Å². The third-order valence-electron chi connectivity index (χ3n) is 3.25. The standard InChI is InChI=1S/C14H18FNO3/c1-10(17)11-4-5-13(12(15)8-11)19-9-14(18)16-6-2-3-7-16/h4-5,8,10,17H,2-3,6-7,9H2,1H3/t10-/m1/s1. The van der Waals surface area contributed by atoms with Gasteiger partial charge in [-0.15, -0.1) is 0 Å². The Morgan fingerprint density at radius 1 is 1.47 bits per heavy atom. The Labute approximate surface area is 111 Å². The largest absolute Gasteiger partial charge is 0.481 e. The van der Waals surface area contributed by atoms with Crippen molar-refractivity contribution in [2.45, 2.75) is 25.9 Å². The van der Waals surface area contributed by atoms with E-state index in [-0.39, 0.29) is 18.3 Å². The number of hydrogen-bond donors (Lipinski definition) is 1. The first-order valence-corrected chi connectivity index (χ1v) is 6.46. The fourth-order valence-corrected chi connectivity index (χ4v) is 2.09. The van der Waals surface area contributed by atoms with Gasteiger partial charge in [0, 0.05) is 13.1 Å². The van der Waals surface area contributed by atoms with Crippen molar-refractivity contribution in [1.29, 1.82) is 0 Å². The van der Waals surface area contributed by atoms with Crippen molar-refractivity contribution in [1.82, 2.24) is 4.90 Å². The molecule has 5 heteroatoms. The molecule has 1 fully saturated rings. The summed E-state index contributed by atoms with van der Waals surface area (Å²) < 4.78 is 18.9. The van der Waals surface area contributed by atoms with Crippen LogP contribution in [0.4, 0.5) is 4.39 Å². The van der Waals surface area contributed by atoms with Gasteiger partial charge >= 0.3 is 0 Å². The Morgan fingerprint density at radius 3 is 2.74 bits per heavy atom. The van der Waals surface area contributed by atoms with Crippen LogP contribution in [0.2, 0.25) is 0 Å². The van der Waals surface area contributed by atoms with Gasteiger partial charge in [-0.25, -0.2) is 4.39 Å². The number of halogens is 1. The molecule has 0 spiro atoms. The number of nitrogens with zero attached hydrogens (tertiary/aromatic N) is 1. The number of ether oxygens (including phenoxy) is 1. The fourth-order valence-electron chi connectivity index (χ4n) is 2.09. The van der Waals surface area contributed by atoms with Gasteiger partial charge in [0.1, 0.15) is 0 Å². The van der Waals surface area contributed by atoms with Crippen LogP contribution in [0.5, 0.6) is 5.75 Å². The van der Waals surface area contributed by atoms with Gasteiger partial charge in [-0.3, -0.25) is 4.79 Å². The van der Waals surface area contributed by atoms with E-state index in [9.17, 15) is 14.3 Å². The lowest BCUT2D eigenvalue weighted by molar-refractivity contribution is -0.132. The number of benzene rings is 1. The van der Waals surface area contributed by atoms with E-state index >= 15 is 0 Å². The third kappa shape index (κ3) is 3.44. The quantitative estimate of drug-likeness (QED) is 0.906. The van der Waals surface area contributed by atoms with Crippen molar-refractivity contribution in [3.8, 4) is 5.75 Å². The Bertz CT molecular complexity index is 456. The first-order chi connectivity index (χ1) is 9.08. The molecule has 1 aliphatic heterocycles. The molecule has 0 aromatic heterocycles. The molecule has 4 nitrogen and oxygen atoms in total. The van der Waals surface area contributed by atoms with Gasteiger partial charge in [0.05, 0.1) is 6.10 Å². The lowest BCUT2D eigenvalue weighted by Crippen LogP contribution is -2.32. The van der Waals surface area contributed by atoms with Crippen LogP contribution in [0.1, 0.15) is 31.4 Å². The van der Waals surface area contributed by atoms with Crippen molar-refractivity contribution in [3.05, 3.63) is 29.6 Å². The molecule has 0 saturated carbocycles. The summed E-state index contributed by atoms with van der Waals surface area (Å²) in [6, 6.07) is 4.25. The molecular formula is C14H18FNO3. The highest BCUT2D eigenvalue weighted by molar-refractivity contribution is 5.78. The van der Waals surface area contributed by atoms with Crippen molar-refractivity contribution >= 4 is 5.91 Å². The van der Waals surface area contributed by atoms with E-state index in [0.717, 1.165) is 25.9 Å². The highest BCUT2D eigenvalue weighted by Gasteiger charge is 2.18. The van der Waals surface area contributed by atoms with E-state index in [1.54, 1.807) is 17.9 Å². The number of amides is 1. The lowest BCUT2D eigenvalue weighted by atomic mass is 10.1. The molecule has 0 unspecified atom stereocenters.